The summed E-state index contributed by atoms with van der Waals surface area (Å²) in [6, 6.07) is 0. The number of β-amino-alcohol motifs (C(OH)–C–C–N with tert-alkyl or cyclic N) is 1. The van der Waals surface area contributed by atoms with Crippen molar-refractivity contribution < 1.29 is 9.90 Å². The maximum absolute atomic E-state index is 12.4. The Balaban J connectivity index is 1.19. The number of nitrogens with zero attached hydrogens (tertiary/aromatic N) is 1. The normalized spacial score (nSPS) is 42.0. The van der Waals surface area contributed by atoms with Gasteiger partial charge in [0.2, 0.25) is 5.91 Å². The van der Waals surface area contributed by atoms with Crippen LogP contribution in [0.1, 0.15) is 32.1 Å². The highest BCUT2D eigenvalue weighted by atomic mass is 16.3. The molecule has 2 bridgehead atoms. The van der Waals surface area contributed by atoms with Gasteiger partial charge in [-0.15, -0.1) is 0 Å². The molecule has 4 aliphatic rings. The maximum atomic E-state index is 12.4. The SMILES string of the molecule is O=C(NCC1CCN(CCO)CC1)C1[C@@H]2[C@H]3CC[C@H](C3)[C@H]12. The van der Waals surface area contributed by atoms with Gasteiger partial charge in [0.1, 0.15) is 0 Å². The molecule has 3 aliphatic carbocycles. The summed E-state index contributed by atoms with van der Waals surface area (Å²) in [7, 11) is 0. The number of hydrogen-bond acceptors (Lipinski definition) is 3. The van der Waals surface area contributed by atoms with E-state index in [2.05, 4.69) is 10.2 Å². The van der Waals surface area contributed by atoms with Crippen molar-refractivity contribution in [2.75, 3.05) is 32.8 Å². The van der Waals surface area contributed by atoms with Crippen LogP contribution in [-0.4, -0.2) is 48.7 Å². The number of piperidine rings is 1. The van der Waals surface area contributed by atoms with Crippen LogP contribution in [0.15, 0.2) is 0 Å². The number of carbonyl (C=O) groups excluding carboxylic acids is 1. The number of aliphatic hydroxyl groups is 1. The number of carbonyl (C=O) groups is 1. The van der Waals surface area contributed by atoms with E-state index in [4.69, 9.17) is 5.11 Å². The van der Waals surface area contributed by atoms with Crippen LogP contribution < -0.4 is 5.32 Å². The standard InChI is InChI=1S/C17H28N2O2/c20-8-7-19-5-3-11(4-6-19)10-18-17(21)16-14-12-1-2-13(9-12)15(14)16/h11-16,20H,1-10H2,(H,18,21)/t12-,13+,14+,15-,16?. The van der Waals surface area contributed by atoms with Gasteiger partial charge in [-0.25, -0.2) is 0 Å². The van der Waals surface area contributed by atoms with Gasteiger partial charge >= 0.3 is 0 Å². The zero-order valence-corrected chi connectivity index (χ0v) is 12.8. The molecule has 0 aromatic carbocycles. The van der Waals surface area contributed by atoms with Crippen LogP contribution in [-0.2, 0) is 4.79 Å². The smallest absolute Gasteiger partial charge is 0.223 e. The summed E-state index contributed by atoms with van der Waals surface area (Å²) in [6.07, 6.45) is 6.51. The van der Waals surface area contributed by atoms with Gasteiger partial charge in [-0.1, -0.05) is 0 Å². The van der Waals surface area contributed by atoms with Crippen LogP contribution in [0, 0.1) is 35.5 Å². The molecule has 2 N–H and O–H groups in total. The van der Waals surface area contributed by atoms with E-state index < -0.39 is 0 Å². The van der Waals surface area contributed by atoms with Crippen molar-refractivity contribution in [2.45, 2.75) is 32.1 Å². The first-order chi connectivity index (χ1) is 10.3. The van der Waals surface area contributed by atoms with E-state index in [9.17, 15) is 4.79 Å². The number of amides is 1. The van der Waals surface area contributed by atoms with E-state index in [1.54, 1.807) is 0 Å². The Morgan fingerprint density at radius 2 is 1.76 bits per heavy atom. The fraction of sp³-hybridized carbons (Fsp3) is 0.941. The molecule has 1 saturated heterocycles. The second kappa shape index (κ2) is 5.54. The Hall–Kier alpha value is -0.610. The second-order valence-electron chi connectivity index (χ2n) is 7.77. The van der Waals surface area contributed by atoms with Crippen LogP contribution >= 0.6 is 0 Å². The summed E-state index contributed by atoms with van der Waals surface area (Å²) in [5.41, 5.74) is 0. The zero-order chi connectivity index (χ0) is 14.4. The molecule has 0 aromatic rings. The van der Waals surface area contributed by atoms with Crippen LogP contribution in [0.3, 0.4) is 0 Å². The van der Waals surface area contributed by atoms with Crippen molar-refractivity contribution in [1.82, 2.24) is 10.2 Å². The van der Waals surface area contributed by atoms with E-state index in [0.29, 0.717) is 17.7 Å². The minimum absolute atomic E-state index is 0.258. The number of rotatable bonds is 5. The number of hydrogen-bond donors (Lipinski definition) is 2. The fourth-order valence-corrected chi connectivity index (χ4v) is 5.59. The molecule has 21 heavy (non-hydrogen) atoms. The minimum atomic E-state index is 0.258. The molecule has 0 radical (unpaired) electrons. The Kier molecular flexibility index (Phi) is 3.70. The number of fused-ring (bicyclic) bond motifs is 5. The molecule has 5 atom stereocenters. The van der Waals surface area contributed by atoms with Crippen LogP contribution in [0.5, 0.6) is 0 Å². The van der Waals surface area contributed by atoms with Crippen LogP contribution in [0.4, 0.5) is 0 Å². The Bertz CT molecular complexity index is 390. The lowest BCUT2D eigenvalue weighted by Gasteiger charge is -2.31. The first kappa shape index (κ1) is 14.0. The summed E-state index contributed by atoms with van der Waals surface area (Å²) in [5.74, 6) is 4.67. The molecule has 1 amide bonds. The van der Waals surface area contributed by atoms with Crippen LogP contribution in [0.2, 0.25) is 0 Å². The Morgan fingerprint density at radius 3 is 2.38 bits per heavy atom. The van der Waals surface area contributed by atoms with E-state index >= 15 is 0 Å². The first-order valence-electron chi connectivity index (χ1n) is 8.89. The average molecular weight is 292 g/mol. The topological polar surface area (TPSA) is 52.6 Å². The van der Waals surface area contributed by atoms with Gasteiger partial charge < -0.3 is 15.3 Å². The molecule has 1 aliphatic heterocycles. The molecular formula is C17H28N2O2. The van der Waals surface area contributed by atoms with Gasteiger partial charge in [-0.05, 0) is 74.8 Å². The van der Waals surface area contributed by atoms with E-state index in [1.807, 2.05) is 0 Å². The molecular weight excluding hydrogens is 264 g/mol. The quantitative estimate of drug-likeness (QED) is 0.798. The molecule has 0 aromatic heterocycles. The lowest BCUT2D eigenvalue weighted by Crippen LogP contribution is -2.40. The molecule has 118 valence electrons. The highest BCUT2D eigenvalue weighted by Crippen LogP contribution is 2.69. The van der Waals surface area contributed by atoms with Crippen LogP contribution in [0.25, 0.3) is 0 Å². The third-order valence-corrected chi connectivity index (χ3v) is 6.73. The Morgan fingerprint density at radius 1 is 1.10 bits per heavy atom. The molecule has 4 nitrogen and oxygen atoms in total. The largest absolute Gasteiger partial charge is 0.395 e. The van der Waals surface area contributed by atoms with Gasteiger partial charge in [0.05, 0.1) is 6.61 Å². The first-order valence-corrected chi connectivity index (χ1v) is 8.89. The summed E-state index contributed by atoms with van der Waals surface area (Å²) in [6.45, 7) is 4.07. The summed E-state index contributed by atoms with van der Waals surface area (Å²) in [5, 5.41) is 12.2. The maximum Gasteiger partial charge on any atom is 0.223 e. The van der Waals surface area contributed by atoms with Gasteiger partial charge in [-0.3, -0.25) is 4.79 Å². The van der Waals surface area contributed by atoms with Crippen molar-refractivity contribution in [3.8, 4) is 0 Å². The highest BCUT2D eigenvalue weighted by molar-refractivity contribution is 5.82. The van der Waals surface area contributed by atoms with Crippen molar-refractivity contribution >= 4 is 5.91 Å². The molecule has 4 rings (SSSR count). The molecule has 3 saturated carbocycles. The lowest BCUT2D eigenvalue weighted by molar-refractivity contribution is -0.123. The zero-order valence-electron chi connectivity index (χ0n) is 12.8. The molecule has 1 unspecified atom stereocenters. The van der Waals surface area contributed by atoms with Crippen molar-refractivity contribution in [1.29, 1.82) is 0 Å². The van der Waals surface area contributed by atoms with E-state index in [0.717, 1.165) is 62.7 Å². The molecule has 0 spiro atoms. The molecule has 1 heterocycles. The third-order valence-electron chi connectivity index (χ3n) is 6.73. The second-order valence-corrected chi connectivity index (χ2v) is 7.77. The Labute approximate surface area is 127 Å². The minimum Gasteiger partial charge on any atom is -0.395 e. The van der Waals surface area contributed by atoms with Gasteiger partial charge in [-0.2, -0.15) is 0 Å². The summed E-state index contributed by atoms with van der Waals surface area (Å²) < 4.78 is 0. The number of nitrogens with one attached hydrogen (secondary N) is 1. The average Bonchev–Trinajstić information content (AvgIpc) is 2.94. The number of aliphatic hydroxyl groups excluding tert-OH is 1. The summed E-state index contributed by atoms with van der Waals surface area (Å²) in [4.78, 5) is 14.7. The fourth-order valence-electron chi connectivity index (χ4n) is 5.59. The van der Waals surface area contributed by atoms with Crippen molar-refractivity contribution in [3.63, 3.8) is 0 Å². The third kappa shape index (κ3) is 2.50. The van der Waals surface area contributed by atoms with E-state index in [1.165, 1.54) is 19.3 Å². The number of likely N-dealkylation sites (tertiary alicyclic amines) is 1. The van der Waals surface area contributed by atoms with Crippen molar-refractivity contribution in [3.05, 3.63) is 0 Å². The van der Waals surface area contributed by atoms with Gasteiger partial charge in [0.25, 0.3) is 0 Å². The summed E-state index contributed by atoms with van der Waals surface area (Å²) >= 11 is 0. The highest BCUT2D eigenvalue weighted by Gasteiger charge is 2.67. The lowest BCUT2D eigenvalue weighted by atomic mass is 9.96. The molecule has 4 fully saturated rings. The molecule has 4 heteroatoms. The van der Waals surface area contributed by atoms with E-state index in [-0.39, 0.29) is 6.61 Å². The predicted molar refractivity (Wildman–Crippen MR) is 80.6 cm³/mol. The van der Waals surface area contributed by atoms with Crippen molar-refractivity contribution in [2.24, 2.45) is 35.5 Å². The predicted octanol–water partition coefficient (Wildman–Crippen LogP) is 1.10. The van der Waals surface area contributed by atoms with Gasteiger partial charge in [0.15, 0.2) is 0 Å². The van der Waals surface area contributed by atoms with Gasteiger partial charge in [0, 0.05) is 19.0 Å². The monoisotopic (exact) mass is 292 g/mol.